The number of carbonyl (C=O) groups is 3. The van der Waals surface area contributed by atoms with Crippen LogP contribution in [-0.2, 0) is 9.59 Å². The first-order valence-electron chi connectivity index (χ1n) is 12.9. The summed E-state index contributed by atoms with van der Waals surface area (Å²) in [5, 5.41) is 18.3. The van der Waals surface area contributed by atoms with E-state index in [1.54, 1.807) is 36.4 Å². The molecule has 0 bridgehead atoms. The standard InChI is InChI=1S/C28H31N5O4S/c29-24(18-6-2-1-3-7-18)27(37)33-15-21(34)14-23(33)26(36)32-28-31-22(16-38-28)17-10-12-19(13-11-17)25(35)30-20-8-4-5-9-20/h1-3,6-7,10-13,16,20-21,23-24,34H,4-5,8-9,14-15,29H2,(H,30,35)(H,31,32,36)/t21-,23-,24+/m0/s1. The normalized spacial score (nSPS) is 20.3. The second kappa shape index (κ2) is 11.4. The predicted octanol–water partition coefficient (Wildman–Crippen LogP) is 3.08. The summed E-state index contributed by atoms with van der Waals surface area (Å²) in [4.78, 5) is 44.6. The van der Waals surface area contributed by atoms with E-state index in [-0.39, 0.29) is 24.9 Å². The topological polar surface area (TPSA) is 138 Å². The van der Waals surface area contributed by atoms with Crippen molar-refractivity contribution in [1.82, 2.24) is 15.2 Å². The molecule has 2 aromatic carbocycles. The minimum Gasteiger partial charge on any atom is -0.391 e. The maximum absolute atomic E-state index is 13.1. The lowest BCUT2D eigenvalue weighted by atomic mass is 10.1. The van der Waals surface area contributed by atoms with Crippen molar-refractivity contribution in [1.29, 1.82) is 0 Å². The number of aromatic nitrogens is 1. The summed E-state index contributed by atoms with van der Waals surface area (Å²) < 4.78 is 0. The van der Waals surface area contributed by atoms with Gasteiger partial charge in [-0.1, -0.05) is 55.3 Å². The highest BCUT2D eigenvalue weighted by atomic mass is 32.1. The summed E-state index contributed by atoms with van der Waals surface area (Å²) in [7, 11) is 0. The Morgan fingerprint density at radius 2 is 1.76 bits per heavy atom. The highest BCUT2D eigenvalue weighted by molar-refractivity contribution is 7.14. The summed E-state index contributed by atoms with van der Waals surface area (Å²) in [5.74, 6) is -0.903. The van der Waals surface area contributed by atoms with E-state index in [9.17, 15) is 19.5 Å². The second-order valence-electron chi connectivity index (χ2n) is 9.84. The Bertz CT molecular complexity index is 1290. The Hall–Kier alpha value is -3.60. The van der Waals surface area contributed by atoms with Gasteiger partial charge in [0.15, 0.2) is 5.13 Å². The minimum atomic E-state index is -0.925. The smallest absolute Gasteiger partial charge is 0.251 e. The number of hydrogen-bond acceptors (Lipinski definition) is 7. The number of nitrogens with one attached hydrogen (secondary N) is 2. The molecule has 38 heavy (non-hydrogen) atoms. The summed E-state index contributed by atoms with van der Waals surface area (Å²) in [6.07, 6.45) is 3.69. The Morgan fingerprint density at radius 1 is 1.05 bits per heavy atom. The quantitative estimate of drug-likeness (QED) is 0.368. The van der Waals surface area contributed by atoms with Crippen molar-refractivity contribution in [3.8, 4) is 11.3 Å². The lowest BCUT2D eigenvalue weighted by Gasteiger charge is -2.26. The number of aliphatic hydroxyl groups excluding tert-OH is 1. The molecule has 1 aliphatic heterocycles. The van der Waals surface area contributed by atoms with Gasteiger partial charge < -0.3 is 26.4 Å². The van der Waals surface area contributed by atoms with E-state index in [1.807, 2.05) is 23.6 Å². The van der Waals surface area contributed by atoms with E-state index in [2.05, 4.69) is 15.6 Å². The third-order valence-electron chi connectivity index (χ3n) is 7.16. The minimum absolute atomic E-state index is 0.0429. The lowest BCUT2D eigenvalue weighted by molar-refractivity contribution is -0.138. The molecule has 198 valence electrons. The molecule has 5 N–H and O–H groups in total. The average molecular weight is 534 g/mol. The fourth-order valence-electron chi connectivity index (χ4n) is 5.07. The van der Waals surface area contributed by atoms with E-state index in [1.165, 1.54) is 16.2 Å². The molecular formula is C28H31N5O4S. The molecular weight excluding hydrogens is 502 g/mol. The first kappa shape index (κ1) is 26.0. The fraction of sp³-hybridized carbons (Fsp3) is 0.357. The maximum Gasteiger partial charge on any atom is 0.251 e. The van der Waals surface area contributed by atoms with Crippen LogP contribution in [-0.4, -0.2) is 57.4 Å². The van der Waals surface area contributed by atoms with Crippen LogP contribution in [0.15, 0.2) is 60.0 Å². The van der Waals surface area contributed by atoms with Crippen molar-refractivity contribution in [3.05, 3.63) is 71.1 Å². The first-order valence-corrected chi connectivity index (χ1v) is 13.7. The second-order valence-corrected chi connectivity index (χ2v) is 10.7. The SMILES string of the molecule is N[C@@H](C(=O)N1C[C@@H](O)C[C@H]1C(=O)Nc1nc(-c2ccc(C(=O)NC3CCCC3)cc2)cs1)c1ccccc1. The van der Waals surface area contributed by atoms with E-state index >= 15 is 0 Å². The van der Waals surface area contributed by atoms with Crippen molar-refractivity contribution in [2.24, 2.45) is 5.73 Å². The molecule has 2 heterocycles. The van der Waals surface area contributed by atoms with Crippen LogP contribution < -0.4 is 16.4 Å². The molecule has 3 amide bonds. The van der Waals surface area contributed by atoms with Gasteiger partial charge in [-0.3, -0.25) is 14.4 Å². The molecule has 1 saturated heterocycles. The molecule has 10 heteroatoms. The van der Waals surface area contributed by atoms with Crippen molar-refractivity contribution in [2.45, 2.75) is 56.3 Å². The molecule has 3 aromatic rings. The number of amides is 3. The van der Waals surface area contributed by atoms with Gasteiger partial charge >= 0.3 is 0 Å². The first-order chi connectivity index (χ1) is 18.4. The molecule has 1 aliphatic carbocycles. The van der Waals surface area contributed by atoms with Gasteiger partial charge in [-0.25, -0.2) is 4.98 Å². The van der Waals surface area contributed by atoms with Crippen LogP contribution >= 0.6 is 11.3 Å². The van der Waals surface area contributed by atoms with E-state index in [4.69, 9.17) is 5.73 Å². The number of thiazole rings is 1. The number of β-amino-alcohol motifs (C(OH)–C–C–N with tert-alkyl or cyclic N) is 1. The monoisotopic (exact) mass is 533 g/mol. The Morgan fingerprint density at radius 3 is 2.47 bits per heavy atom. The number of likely N-dealkylation sites (tertiary alicyclic amines) is 1. The molecule has 0 spiro atoms. The molecule has 5 rings (SSSR count). The third kappa shape index (κ3) is 5.77. The number of anilines is 1. The Balaban J connectivity index is 1.22. The Kier molecular flexibility index (Phi) is 7.82. The maximum atomic E-state index is 13.1. The van der Waals surface area contributed by atoms with Gasteiger partial charge in [-0.15, -0.1) is 11.3 Å². The van der Waals surface area contributed by atoms with E-state index < -0.39 is 30.0 Å². The van der Waals surface area contributed by atoms with E-state index in [0.717, 1.165) is 31.2 Å². The number of nitrogens with zero attached hydrogens (tertiary/aromatic N) is 2. The van der Waals surface area contributed by atoms with Gasteiger partial charge in [0.05, 0.1) is 11.8 Å². The number of hydrogen-bond donors (Lipinski definition) is 4. The molecule has 1 aromatic heterocycles. The highest BCUT2D eigenvalue weighted by Gasteiger charge is 2.41. The summed E-state index contributed by atoms with van der Waals surface area (Å²) in [6, 6.07) is 14.7. The average Bonchev–Trinajstić information content (AvgIpc) is 3.70. The summed E-state index contributed by atoms with van der Waals surface area (Å²) in [5.41, 5.74) is 8.91. The number of carbonyl (C=O) groups excluding carboxylic acids is 3. The summed E-state index contributed by atoms with van der Waals surface area (Å²) in [6.45, 7) is 0.0429. The van der Waals surface area contributed by atoms with Crippen molar-refractivity contribution >= 4 is 34.2 Å². The van der Waals surface area contributed by atoms with Gasteiger partial charge in [-0.2, -0.15) is 0 Å². The van der Waals surface area contributed by atoms with Crippen LogP contribution in [0.1, 0.15) is 54.1 Å². The molecule has 1 saturated carbocycles. The van der Waals surface area contributed by atoms with Crippen molar-refractivity contribution in [3.63, 3.8) is 0 Å². The lowest BCUT2D eigenvalue weighted by Crippen LogP contribution is -2.46. The van der Waals surface area contributed by atoms with E-state index in [0.29, 0.717) is 22.0 Å². The van der Waals surface area contributed by atoms with Crippen LogP contribution in [0.25, 0.3) is 11.3 Å². The van der Waals surface area contributed by atoms with Gasteiger partial charge in [0.25, 0.3) is 5.91 Å². The number of aliphatic hydroxyl groups is 1. The zero-order valence-corrected chi connectivity index (χ0v) is 21.7. The molecule has 0 radical (unpaired) electrons. The summed E-state index contributed by atoms with van der Waals surface area (Å²) >= 11 is 1.26. The van der Waals surface area contributed by atoms with Gasteiger partial charge in [-0.05, 0) is 30.5 Å². The molecule has 0 unspecified atom stereocenters. The number of rotatable bonds is 7. The van der Waals surface area contributed by atoms with Gasteiger partial charge in [0.2, 0.25) is 11.8 Å². The molecule has 9 nitrogen and oxygen atoms in total. The predicted molar refractivity (Wildman–Crippen MR) is 145 cm³/mol. The van der Waals surface area contributed by atoms with Gasteiger partial charge in [0, 0.05) is 35.5 Å². The zero-order chi connectivity index (χ0) is 26.6. The van der Waals surface area contributed by atoms with Crippen molar-refractivity contribution in [2.75, 3.05) is 11.9 Å². The van der Waals surface area contributed by atoms with Crippen LogP contribution in [0.4, 0.5) is 5.13 Å². The van der Waals surface area contributed by atoms with Crippen LogP contribution in [0.3, 0.4) is 0 Å². The van der Waals surface area contributed by atoms with Crippen molar-refractivity contribution < 1.29 is 19.5 Å². The zero-order valence-electron chi connectivity index (χ0n) is 20.9. The number of nitrogens with two attached hydrogens (primary N) is 1. The van der Waals surface area contributed by atoms with Gasteiger partial charge in [0.1, 0.15) is 12.1 Å². The third-order valence-corrected chi connectivity index (χ3v) is 7.91. The van der Waals surface area contributed by atoms with Crippen LogP contribution in [0, 0.1) is 0 Å². The van der Waals surface area contributed by atoms with Crippen LogP contribution in [0.5, 0.6) is 0 Å². The molecule has 2 fully saturated rings. The molecule has 3 atom stereocenters. The molecule has 2 aliphatic rings. The Labute approximate surface area is 225 Å². The number of benzene rings is 2. The largest absolute Gasteiger partial charge is 0.391 e. The highest BCUT2D eigenvalue weighted by Crippen LogP contribution is 2.28. The fourth-order valence-corrected chi connectivity index (χ4v) is 5.79. The van der Waals surface area contributed by atoms with Crippen LogP contribution in [0.2, 0.25) is 0 Å².